The van der Waals surface area contributed by atoms with Crippen LogP contribution < -0.4 is 5.32 Å². The van der Waals surface area contributed by atoms with Crippen molar-refractivity contribution in [1.82, 2.24) is 10.2 Å². The van der Waals surface area contributed by atoms with Crippen LogP contribution in [-0.2, 0) is 4.74 Å². The topological polar surface area (TPSA) is 24.5 Å². The summed E-state index contributed by atoms with van der Waals surface area (Å²) >= 11 is 0. The van der Waals surface area contributed by atoms with E-state index in [9.17, 15) is 0 Å². The fourth-order valence-electron chi connectivity index (χ4n) is 2.72. The van der Waals surface area contributed by atoms with Crippen molar-refractivity contribution in [1.29, 1.82) is 0 Å². The van der Waals surface area contributed by atoms with Crippen LogP contribution in [0.3, 0.4) is 0 Å². The lowest BCUT2D eigenvalue weighted by molar-refractivity contribution is 0.138. The van der Waals surface area contributed by atoms with Gasteiger partial charge in [-0.15, -0.1) is 6.58 Å². The van der Waals surface area contributed by atoms with Gasteiger partial charge in [-0.2, -0.15) is 0 Å². The molecule has 0 radical (unpaired) electrons. The molecule has 0 bridgehead atoms. The fraction of sp³-hybridized carbons (Fsp3) is 0.857. The molecule has 3 heteroatoms. The first-order chi connectivity index (χ1) is 8.31. The second-order valence-electron chi connectivity index (χ2n) is 5.35. The number of ether oxygens (including phenoxy) is 1. The molecule has 0 aromatic heterocycles. The zero-order valence-corrected chi connectivity index (χ0v) is 11.0. The van der Waals surface area contributed by atoms with Gasteiger partial charge in [0.2, 0.25) is 0 Å². The van der Waals surface area contributed by atoms with Gasteiger partial charge in [0.05, 0.1) is 13.2 Å². The van der Waals surface area contributed by atoms with Gasteiger partial charge < -0.3 is 10.1 Å². The molecular weight excluding hydrogens is 212 g/mol. The molecule has 17 heavy (non-hydrogen) atoms. The Bertz CT molecular complexity index is 240. The third-order valence-corrected chi connectivity index (χ3v) is 3.78. The average Bonchev–Trinajstić information content (AvgIpc) is 3.08. The molecule has 2 rings (SSSR count). The lowest BCUT2D eigenvalue weighted by Crippen LogP contribution is -2.35. The first-order valence-corrected chi connectivity index (χ1v) is 6.99. The molecule has 0 spiro atoms. The third-order valence-electron chi connectivity index (χ3n) is 3.78. The highest BCUT2D eigenvalue weighted by molar-refractivity contribution is 4.95. The molecule has 1 aliphatic carbocycles. The number of hydrogen-bond acceptors (Lipinski definition) is 3. The number of likely N-dealkylation sites (tertiary alicyclic amines) is 1. The molecule has 1 saturated heterocycles. The minimum atomic E-state index is 0.675. The van der Waals surface area contributed by atoms with Gasteiger partial charge in [0.25, 0.3) is 0 Å². The van der Waals surface area contributed by atoms with E-state index in [1.807, 2.05) is 6.08 Å². The molecule has 0 aromatic carbocycles. The van der Waals surface area contributed by atoms with E-state index in [1.165, 1.54) is 25.8 Å². The van der Waals surface area contributed by atoms with Crippen LogP contribution in [0.4, 0.5) is 0 Å². The van der Waals surface area contributed by atoms with E-state index in [2.05, 4.69) is 23.7 Å². The Hall–Kier alpha value is -0.380. The predicted octanol–water partition coefficient (Wildman–Crippen LogP) is 1.79. The van der Waals surface area contributed by atoms with E-state index < -0.39 is 0 Å². The third kappa shape index (κ3) is 4.09. The van der Waals surface area contributed by atoms with Gasteiger partial charge in [0.15, 0.2) is 0 Å². The molecule has 1 saturated carbocycles. The smallest absolute Gasteiger partial charge is 0.0591 e. The average molecular weight is 238 g/mol. The Morgan fingerprint density at radius 2 is 2.24 bits per heavy atom. The highest BCUT2D eigenvalue weighted by Crippen LogP contribution is 2.33. The van der Waals surface area contributed by atoms with Gasteiger partial charge in [-0.25, -0.2) is 0 Å². The van der Waals surface area contributed by atoms with Gasteiger partial charge >= 0.3 is 0 Å². The summed E-state index contributed by atoms with van der Waals surface area (Å²) in [6.07, 6.45) is 6.99. The van der Waals surface area contributed by atoms with Gasteiger partial charge in [0.1, 0.15) is 0 Å². The van der Waals surface area contributed by atoms with E-state index in [-0.39, 0.29) is 0 Å². The molecule has 98 valence electrons. The highest BCUT2D eigenvalue weighted by Gasteiger charge is 2.38. The van der Waals surface area contributed by atoms with Crippen LogP contribution in [0.5, 0.6) is 0 Å². The predicted molar refractivity (Wildman–Crippen MR) is 71.2 cm³/mol. The van der Waals surface area contributed by atoms with Crippen LogP contribution in [0.25, 0.3) is 0 Å². The SMILES string of the molecule is C=CCCOCCNC1CC(C)N(C2CC2)C1. The van der Waals surface area contributed by atoms with E-state index in [1.54, 1.807) is 0 Å². The largest absolute Gasteiger partial charge is 0.380 e. The Kier molecular flexibility index (Phi) is 5.01. The first kappa shape index (κ1) is 13.1. The minimum Gasteiger partial charge on any atom is -0.380 e. The summed E-state index contributed by atoms with van der Waals surface area (Å²) in [6, 6.07) is 2.34. The Morgan fingerprint density at radius 3 is 2.94 bits per heavy atom. The number of hydrogen-bond donors (Lipinski definition) is 1. The molecule has 1 N–H and O–H groups in total. The summed E-state index contributed by atoms with van der Waals surface area (Å²) < 4.78 is 5.50. The van der Waals surface area contributed by atoms with Crippen molar-refractivity contribution in [2.24, 2.45) is 0 Å². The summed E-state index contributed by atoms with van der Waals surface area (Å²) in [6.45, 7) is 9.88. The van der Waals surface area contributed by atoms with Crippen LogP contribution in [-0.4, -0.2) is 49.3 Å². The number of nitrogens with zero attached hydrogens (tertiary/aromatic N) is 1. The lowest BCUT2D eigenvalue weighted by Gasteiger charge is -2.19. The van der Waals surface area contributed by atoms with Crippen LogP contribution >= 0.6 is 0 Å². The Labute approximate surface area is 105 Å². The number of rotatable bonds is 8. The zero-order valence-electron chi connectivity index (χ0n) is 11.0. The zero-order chi connectivity index (χ0) is 12.1. The summed E-state index contributed by atoms with van der Waals surface area (Å²) in [7, 11) is 0. The van der Waals surface area contributed by atoms with Crippen molar-refractivity contribution in [3.05, 3.63) is 12.7 Å². The summed E-state index contributed by atoms with van der Waals surface area (Å²) in [5.41, 5.74) is 0. The van der Waals surface area contributed by atoms with E-state index in [4.69, 9.17) is 4.74 Å². The van der Waals surface area contributed by atoms with E-state index in [0.717, 1.165) is 38.3 Å². The van der Waals surface area contributed by atoms with Crippen LogP contribution in [0.1, 0.15) is 32.6 Å². The molecule has 1 aliphatic heterocycles. The lowest BCUT2D eigenvalue weighted by atomic mass is 10.2. The van der Waals surface area contributed by atoms with Crippen molar-refractivity contribution >= 4 is 0 Å². The Balaban J connectivity index is 1.53. The molecular formula is C14H26N2O. The molecule has 2 atom stereocenters. The van der Waals surface area contributed by atoms with Crippen molar-refractivity contribution in [2.75, 3.05) is 26.3 Å². The van der Waals surface area contributed by atoms with E-state index in [0.29, 0.717) is 6.04 Å². The maximum Gasteiger partial charge on any atom is 0.0591 e. The van der Waals surface area contributed by atoms with Crippen LogP contribution in [0.2, 0.25) is 0 Å². The van der Waals surface area contributed by atoms with Crippen LogP contribution in [0.15, 0.2) is 12.7 Å². The first-order valence-electron chi connectivity index (χ1n) is 6.99. The maximum absolute atomic E-state index is 5.50. The summed E-state index contributed by atoms with van der Waals surface area (Å²) in [4.78, 5) is 2.68. The number of nitrogens with one attached hydrogen (secondary N) is 1. The van der Waals surface area contributed by atoms with Crippen molar-refractivity contribution in [2.45, 2.75) is 50.7 Å². The van der Waals surface area contributed by atoms with Crippen molar-refractivity contribution < 1.29 is 4.74 Å². The second-order valence-corrected chi connectivity index (χ2v) is 5.35. The normalized spacial score (nSPS) is 29.7. The minimum absolute atomic E-state index is 0.675. The summed E-state index contributed by atoms with van der Waals surface area (Å²) in [5, 5.41) is 3.61. The van der Waals surface area contributed by atoms with Gasteiger partial charge in [-0.3, -0.25) is 4.90 Å². The Morgan fingerprint density at radius 1 is 1.41 bits per heavy atom. The molecule has 0 amide bonds. The monoisotopic (exact) mass is 238 g/mol. The quantitative estimate of drug-likeness (QED) is 0.515. The van der Waals surface area contributed by atoms with Gasteiger partial charge in [-0.05, 0) is 32.6 Å². The highest BCUT2D eigenvalue weighted by atomic mass is 16.5. The van der Waals surface area contributed by atoms with Crippen molar-refractivity contribution in [3.63, 3.8) is 0 Å². The van der Waals surface area contributed by atoms with Gasteiger partial charge in [0, 0.05) is 31.2 Å². The molecule has 2 aliphatic rings. The van der Waals surface area contributed by atoms with Crippen LogP contribution in [0, 0.1) is 0 Å². The standard InChI is InChI=1S/C14H26N2O/c1-3-4-8-17-9-7-15-13-10-12(2)16(11-13)14-5-6-14/h3,12-15H,1,4-11H2,2H3. The van der Waals surface area contributed by atoms with Gasteiger partial charge in [-0.1, -0.05) is 6.08 Å². The fourth-order valence-corrected chi connectivity index (χ4v) is 2.72. The molecule has 2 unspecified atom stereocenters. The molecule has 0 aromatic rings. The van der Waals surface area contributed by atoms with E-state index >= 15 is 0 Å². The molecule has 1 heterocycles. The second kappa shape index (κ2) is 6.53. The molecule has 3 nitrogen and oxygen atoms in total. The maximum atomic E-state index is 5.50. The summed E-state index contributed by atoms with van der Waals surface area (Å²) in [5.74, 6) is 0. The molecule has 2 fully saturated rings. The van der Waals surface area contributed by atoms with Crippen molar-refractivity contribution in [3.8, 4) is 0 Å².